The van der Waals surface area contributed by atoms with Crippen molar-refractivity contribution in [3.05, 3.63) is 0 Å². The lowest BCUT2D eigenvalue weighted by atomic mass is 9.75. The van der Waals surface area contributed by atoms with Crippen molar-refractivity contribution in [1.82, 2.24) is 16.0 Å². The molecule has 3 fully saturated rings. The van der Waals surface area contributed by atoms with Crippen LogP contribution in [-0.2, 0) is 0 Å². The summed E-state index contributed by atoms with van der Waals surface area (Å²) in [6.45, 7) is 3.85. The van der Waals surface area contributed by atoms with Gasteiger partial charge in [0.2, 0.25) is 0 Å². The maximum atomic E-state index is 9.23. The van der Waals surface area contributed by atoms with E-state index in [2.05, 4.69) is 16.0 Å². The number of nitrogens with one attached hydrogen (secondary N) is 3. The van der Waals surface area contributed by atoms with Gasteiger partial charge >= 0.3 is 0 Å². The molecule has 5 atom stereocenters. The Kier molecular flexibility index (Phi) is 3.66. The summed E-state index contributed by atoms with van der Waals surface area (Å²) in [4.78, 5) is 0. The summed E-state index contributed by atoms with van der Waals surface area (Å²) < 4.78 is 0. The molecule has 4 N–H and O–H groups in total. The van der Waals surface area contributed by atoms with Gasteiger partial charge in [0.15, 0.2) is 0 Å². The van der Waals surface area contributed by atoms with E-state index in [1.165, 1.54) is 32.4 Å². The van der Waals surface area contributed by atoms with Crippen molar-refractivity contribution in [3.8, 4) is 0 Å². The number of aliphatic hydroxyl groups excluding tert-OH is 1. The molecule has 0 saturated carbocycles. The minimum absolute atomic E-state index is 0.278. The Hall–Kier alpha value is -0.160. The van der Waals surface area contributed by atoms with Gasteiger partial charge < -0.3 is 15.7 Å². The van der Waals surface area contributed by atoms with Crippen LogP contribution in [0.25, 0.3) is 0 Å². The molecule has 3 heterocycles. The first kappa shape index (κ1) is 11.9. The molecule has 0 spiro atoms. The maximum absolute atomic E-state index is 9.23. The molecular weight excluding hydrogens is 214 g/mol. The maximum Gasteiger partial charge on any atom is 0.0607 e. The zero-order valence-electron chi connectivity index (χ0n) is 10.5. The molecule has 4 unspecified atom stereocenters. The first-order valence-electron chi connectivity index (χ1n) is 7.19. The number of piperidine rings is 2. The molecule has 0 aromatic carbocycles. The number of hydrogen-bond acceptors (Lipinski definition) is 4. The summed E-state index contributed by atoms with van der Waals surface area (Å²) in [5.74, 6) is 2.47. The van der Waals surface area contributed by atoms with Crippen LogP contribution in [0, 0.1) is 17.8 Å². The lowest BCUT2D eigenvalue weighted by Crippen LogP contribution is -2.53. The highest BCUT2D eigenvalue weighted by molar-refractivity contribution is 4.97. The summed E-state index contributed by atoms with van der Waals surface area (Å²) in [6.07, 6.45) is 5.59. The highest BCUT2D eigenvalue weighted by atomic mass is 16.3. The Labute approximate surface area is 104 Å². The van der Waals surface area contributed by atoms with Gasteiger partial charge in [0, 0.05) is 12.6 Å². The standard InChI is InChI=1S/C13H25N3O/c17-8-10-3-4-11-12(7-15-13(11)16-10)9-2-1-5-14-6-9/h9-17H,1-8H2/t9-,10?,11?,12?,13?/m0/s1. The van der Waals surface area contributed by atoms with E-state index in [9.17, 15) is 5.11 Å². The lowest BCUT2D eigenvalue weighted by molar-refractivity contribution is 0.131. The van der Waals surface area contributed by atoms with E-state index in [4.69, 9.17) is 0 Å². The van der Waals surface area contributed by atoms with E-state index in [-0.39, 0.29) is 6.61 Å². The quantitative estimate of drug-likeness (QED) is 0.543. The minimum Gasteiger partial charge on any atom is -0.395 e. The fourth-order valence-corrected chi connectivity index (χ4v) is 4.01. The summed E-state index contributed by atoms with van der Waals surface area (Å²) in [6, 6.07) is 0.312. The van der Waals surface area contributed by atoms with Gasteiger partial charge in [-0.05, 0) is 56.5 Å². The van der Waals surface area contributed by atoms with Crippen molar-refractivity contribution in [2.24, 2.45) is 17.8 Å². The molecule has 3 aliphatic rings. The predicted molar refractivity (Wildman–Crippen MR) is 67.6 cm³/mol. The molecule has 4 heteroatoms. The minimum atomic E-state index is 0.278. The van der Waals surface area contributed by atoms with Crippen LogP contribution in [0.15, 0.2) is 0 Å². The first-order chi connectivity index (χ1) is 8.38. The first-order valence-corrected chi connectivity index (χ1v) is 7.19. The van der Waals surface area contributed by atoms with Crippen molar-refractivity contribution in [1.29, 1.82) is 0 Å². The Balaban J connectivity index is 1.61. The average Bonchev–Trinajstić information content (AvgIpc) is 2.82. The van der Waals surface area contributed by atoms with Crippen molar-refractivity contribution in [3.63, 3.8) is 0 Å². The predicted octanol–water partition coefficient (Wildman–Crippen LogP) is -0.108. The highest BCUT2D eigenvalue weighted by Crippen LogP contribution is 2.37. The summed E-state index contributed by atoms with van der Waals surface area (Å²) >= 11 is 0. The van der Waals surface area contributed by atoms with Gasteiger partial charge in [0.05, 0.1) is 12.8 Å². The highest BCUT2D eigenvalue weighted by Gasteiger charge is 2.42. The molecule has 0 amide bonds. The monoisotopic (exact) mass is 239 g/mol. The smallest absolute Gasteiger partial charge is 0.0607 e. The largest absolute Gasteiger partial charge is 0.395 e. The van der Waals surface area contributed by atoms with E-state index in [1.54, 1.807) is 0 Å². The van der Waals surface area contributed by atoms with Crippen LogP contribution in [0.2, 0.25) is 0 Å². The molecular formula is C13H25N3O. The molecule has 17 heavy (non-hydrogen) atoms. The van der Waals surface area contributed by atoms with Crippen molar-refractivity contribution >= 4 is 0 Å². The molecule has 0 aromatic heterocycles. The lowest BCUT2D eigenvalue weighted by Gasteiger charge is -2.37. The molecule has 3 saturated heterocycles. The van der Waals surface area contributed by atoms with E-state index in [0.717, 1.165) is 30.7 Å². The second-order valence-electron chi connectivity index (χ2n) is 5.94. The molecule has 0 radical (unpaired) electrons. The van der Waals surface area contributed by atoms with E-state index in [1.807, 2.05) is 0 Å². The van der Waals surface area contributed by atoms with Gasteiger partial charge in [-0.1, -0.05) is 0 Å². The molecule has 0 aromatic rings. The van der Waals surface area contributed by atoms with Gasteiger partial charge in [-0.3, -0.25) is 5.32 Å². The van der Waals surface area contributed by atoms with Crippen LogP contribution >= 0.6 is 0 Å². The molecule has 3 aliphatic heterocycles. The summed E-state index contributed by atoms with van der Waals surface area (Å²) in [5.41, 5.74) is 0. The molecule has 4 nitrogen and oxygen atoms in total. The molecule has 0 bridgehead atoms. The van der Waals surface area contributed by atoms with Crippen LogP contribution in [0.3, 0.4) is 0 Å². The van der Waals surface area contributed by atoms with Crippen LogP contribution in [0.5, 0.6) is 0 Å². The topological polar surface area (TPSA) is 56.3 Å². The Morgan fingerprint density at radius 3 is 2.76 bits per heavy atom. The number of aliphatic hydroxyl groups is 1. The summed E-state index contributed by atoms with van der Waals surface area (Å²) in [7, 11) is 0. The van der Waals surface area contributed by atoms with Crippen molar-refractivity contribution in [2.75, 3.05) is 26.2 Å². The van der Waals surface area contributed by atoms with Crippen molar-refractivity contribution in [2.45, 2.75) is 37.9 Å². The Morgan fingerprint density at radius 1 is 1.06 bits per heavy atom. The second-order valence-corrected chi connectivity index (χ2v) is 5.94. The molecule has 3 rings (SSSR count). The zero-order chi connectivity index (χ0) is 11.7. The number of fused-ring (bicyclic) bond motifs is 1. The van der Waals surface area contributed by atoms with Gasteiger partial charge in [0.25, 0.3) is 0 Å². The number of hydrogen-bond donors (Lipinski definition) is 4. The zero-order valence-corrected chi connectivity index (χ0v) is 10.5. The number of rotatable bonds is 2. The Bertz CT molecular complexity index is 255. The van der Waals surface area contributed by atoms with Gasteiger partial charge in [-0.15, -0.1) is 0 Å². The summed E-state index contributed by atoms with van der Waals surface area (Å²) in [5, 5.41) is 19.9. The van der Waals surface area contributed by atoms with E-state index >= 15 is 0 Å². The third-order valence-corrected chi connectivity index (χ3v) is 4.98. The Morgan fingerprint density at radius 2 is 2.00 bits per heavy atom. The third-order valence-electron chi connectivity index (χ3n) is 4.98. The average molecular weight is 239 g/mol. The second kappa shape index (κ2) is 5.22. The SMILES string of the molecule is OCC1CCC2C(NCC2[C@H]2CCCNC2)N1. The van der Waals surface area contributed by atoms with E-state index < -0.39 is 0 Å². The molecule has 0 aliphatic carbocycles. The van der Waals surface area contributed by atoms with Gasteiger partial charge in [-0.25, -0.2) is 0 Å². The van der Waals surface area contributed by atoms with Crippen LogP contribution in [0.4, 0.5) is 0 Å². The molecule has 98 valence electrons. The third kappa shape index (κ3) is 2.36. The van der Waals surface area contributed by atoms with Crippen molar-refractivity contribution < 1.29 is 5.11 Å². The normalized spacial score (nSPS) is 46.8. The fraction of sp³-hybridized carbons (Fsp3) is 1.00. The van der Waals surface area contributed by atoms with Gasteiger partial charge in [-0.2, -0.15) is 0 Å². The van der Waals surface area contributed by atoms with E-state index in [0.29, 0.717) is 12.2 Å². The van der Waals surface area contributed by atoms with Crippen LogP contribution in [-0.4, -0.2) is 43.6 Å². The van der Waals surface area contributed by atoms with Crippen LogP contribution in [0.1, 0.15) is 25.7 Å². The van der Waals surface area contributed by atoms with Crippen LogP contribution < -0.4 is 16.0 Å². The van der Waals surface area contributed by atoms with Gasteiger partial charge in [0.1, 0.15) is 0 Å². The fourth-order valence-electron chi connectivity index (χ4n) is 4.01.